The number of halogens is 1. The number of phenols is 1. The van der Waals surface area contributed by atoms with Crippen molar-refractivity contribution >= 4 is 17.7 Å². The summed E-state index contributed by atoms with van der Waals surface area (Å²) in [5.41, 5.74) is 0.725. The molecular formula is C17H24ClNO3. The quantitative estimate of drug-likeness (QED) is 0.850. The Labute approximate surface area is 136 Å². The standard InChI is InChI=1S/C17H24ClNO3/c1-17(2,3)19(16(21)22)8-6-12(7-9-19)10-13-4-5-15(20)14(18)11-13/h4-5,11-12H,6-10H2,1-3H3,(H-,20,21,22). The zero-order valence-corrected chi connectivity index (χ0v) is 14.2. The summed E-state index contributed by atoms with van der Waals surface area (Å²) in [5.74, 6) is 0.531. The first-order valence-electron chi connectivity index (χ1n) is 7.72. The number of likely N-dealkylation sites (tertiary alicyclic amines) is 1. The van der Waals surface area contributed by atoms with Crippen molar-refractivity contribution in [3.8, 4) is 5.75 Å². The van der Waals surface area contributed by atoms with E-state index in [0.717, 1.165) is 24.8 Å². The summed E-state index contributed by atoms with van der Waals surface area (Å²) in [5, 5.41) is 21.5. The van der Waals surface area contributed by atoms with E-state index in [1.807, 2.05) is 26.8 Å². The second-order valence-corrected chi connectivity index (χ2v) is 7.69. The van der Waals surface area contributed by atoms with Gasteiger partial charge in [-0.15, -0.1) is 0 Å². The van der Waals surface area contributed by atoms with Gasteiger partial charge in [0.15, 0.2) is 0 Å². The van der Waals surface area contributed by atoms with Gasteiger partial charge in [0.1, 0.15) is 5.75 Å². The minimum Gasteiger partial charge on any atom is -0.506 e. The van der Waals surface area contributed by atoms with Crippen molar-refractivity contribution in [2.45, 2.75) is 45.6 Å². The Bertz CT molecular complexity index is 558. The van der Waals surface area contributed by atoms with Crippen LogP contribution in [-0.2, 0) is 6.42 Å². The van der Waals surface area contributed by atoms with Gasteiger partial charge in [-0.2, -0.15) is 0 Å². The molecule has 1 aromatic rings. The first kappa shape index (κ1) is 17.1. The molecule has 5 heteroatoms. The van der Waals surface area contributed by atoms with Crippen LogP contribution in [0.2, 0.25) is 5.02 Å². The van der Waals surface area contributed by atoms with Crippen molar-refractivity contribution in [3.63, 3.8) is 0 Å². The van der Waals surface area contributed by atoms with Crippen LogP contribution in [0.15, 0.2) is 18.2 Å². The lowest BCUT2D eigenvalue weighted by Crippen LogP contribution is -2.70. The minimum absolute atomic E-state index is 0.0276. The second kappa shape index (κ2) is 6.09. The lowest BCUT2D eigenvalue weighted by atomic mass is 9.86. The molecule has 0 bridgehead atoms. The molecule has 1 fully saturated rings. The summed E-state index contributed by atoms with van der Waals surface area (Å²) in [7, 11) is 0. The Kier molecular flexibility index (Phi) is 4.73. The van der Waals surface area contributed by atoms with Gasteiger partial charge in [0.05, 0.1) is 23.7 Å². The summed E-state index contributed by atoms with van der Waals surface area (Å²) in [6.45, 7) is 7.08. The number of amides is 1. The molecule has 1 saturated heterocycles. The van der Waals surface area contributed by atoms with Crippen molar-refractivity contribution in [2.75, 3.05) is 13.1 Å². The van der Waals surface area contributed by atoms with Gasteiger partial charge in [-0.05, 0) is 50.8 Å². The number of carbonyl (C=O) groups excluding carboxylic acids is 1. The molecule has 1 N–H and O–H groups in total. The molecule has 2 rings (SSSR count). The zero-order chi connectivity index (χ0) is 16.5. The lowest BCUT2D eigenvalue weighted by Gasteiger charge is -2.51. The van der Waals surface area contributed by atoms with E-state index in [1.165, 1.54) is 0 Å². The van der Waals surface area contributed by atoms with E-state index in [2.05, 4.69) is 0 Å². The SMILES string of the molecule is CC(C)(C)[N+]1(C(=O)[O-])CCC(Cc2ccc(O)c(Cl)c2)CC1. The summed E-state index contributed by atoms with van der Waals surface area (Å²) in [6, 6.07) is 5.27. The van der Waals surface area contributed by atoms with Crippen LogP contribution in [0.1, 0.15) is 39.2 Å². The molecule has 0 aromatic heterocycles. The summed E-state index contributed by atoms with van der Waals surface area (Å²) < 4.78 is 0.0276. The summed E-state index contributed by atoms with van der Waals surface area (Å²) in [6.07, 6.45) is 1.59. The first-order valence-corrected chi connectivity index (χ1v) is 8.09. The summed E-state index contributed by atoms with van der Waals surface area (Å²) in [4.78, 5) is 11.7. The van der Waals surface area contributed by atoms with E-state index in [4.69, 9.17) is 11.6 Å². The molecule has 0 aliphatic carbocycles. The maximum atomic E-state index is 11.7. The van der Waals surface area contributed by atoms with Gasteiger partial charge in [0.25, 0.3) is 6.09 Å². The molecule has 1 amide bonds. The highest BCUT2D eigenvalue weighted by atomic mass is 35.5. The molecule has 0 saturated carbocycles. The monoisotopic (exact) mass is 325 g/mol. The number of rotatable bonds is 2. The third-order valence-corrected chi connectivity index (χ3v) is 5.31. The molecule has 1 heterocycles. The Morgan fingerprint density at radius 3 is 2.41 bits per heavy atom. The van der Waals surface area contributed by atoms with Gasteiger partial charge in [-0.25, -0.2) is 0 Å². The average molecular weight is 326 g/mol. The molecule has 0 unspecified atom stereocenters. The number of benzene rings is 1. The number of carbonyl (C=O) groups is 1. The number of aromatic hydroxyl groups is 1. The molecule has 0 spiro atoms. The predicted molar refractivity (Wildman–Crippen MR) is 84.7 cm³/mol. The largest absolute Gasteiger partial charge is 0.506 e. The fraction of sp³-hybridized carbons (Fsp3) is 0.588. The van der Waals surface area contributed by atoms with Crippen molar-refractivity contribution in [2.24, 2.45) is 5.92 Å². The van der Waals surface area contributed by atoms with Gasteiger partial charge < -0.3 is 15.0 Å². The van der Waals surface area contributed by atoms with Crippen molar-refractivity contribution < 1.29 is 19.5 Å². The Hall–Kier alpha value is -1.26. The van der Waals surface area contributed by atoms with Crippen molar-refractivity contribution in [1.82, 2.24) is 0 Å². The van der Waals surface area contributed by atoms with E-state index < -0.39 is 6.09 Å². The van der Waals surface area contributed by atoms with Crippen molar-refractivity contribution in [1.29, 1.82) is 0 Å². The molecule has 4 nitrogen and oxygen atoms in total. The third kappa shape index (κ3) is 3.23. The maximum Gasteiger partial charge on any atom is 0.257 e. The van der Waals surface area contributed by atoms with Gasteiger partial charge in [0.2, 0.25) is 0 Å². The van der Waals surface area contributed by atoms with Gasteiger partial charge >= 0.3 is 0 Å². The topological polar surface area (TPSA) is 60.4 Å². The van der Waals surface area contributed by atoms with Crippen LogP contribution in [0.3, 0.4) is 0 Å². The molecule has 1 aliphatic rings. The number of carboxylic acid groups (broad SMARTS) is 1. The van der Waals surface area contributed by atoms with Crippen molar-refractivity contribution in [3.05, 3.63) is 28.8 Å². The minimum atomic E-state index is -0.973. The Morgan fingerprint density at radius 1 is 1.36 bits per heavy atom. The number of nitrogens with zero attached hydrogens (tertiary/aromatic N) is 1. The zero-order valence-electron chi connectivity index (χ0n) is 13.4. The smallest absolute Gasteiger partial charge is 0.257 e. The van der Waals surface area contributed by atoms with Crippen LogP contribution < -0.4 is 5.11 Å². The molecule has 122 valence electrons. The number of hydrogen-bond donors (Lipinski definition) is 1. The van der Waals surface area contributed by atoms with E-state index in [1.54, 1.807) is 12.1 Å². The fourth-order valence-electron chi connectivity index (χ4n) is 3.40. The number of phenolic OH excluding ortho intramolecular Hbond substituents is 1. The third-order valence-electron chi connectivity index (χ3n) is 5.01. The van der Waals surface area contributed by atoms with Crippen LogP contribution in [0.5, 0.6) is 5.75 Å². The normalized spacial score (nSPS) is 25.9. The van der Waals surface area contributed by atoms with Gasteiger partial charge in [-0.3, -0.25) is 4.48 Å². The molecule has 22 heavy (non-hydrogen) atoms. The van der Waals surface area contributed by atoms with Crippen LogP contribution in [0.25, 0.3) is 0 Å². The average Bonchev–Trinajstić information content (AvgIpc) is 2.42. The molecule has 1 aromatic carbocycles. The van der Waals surface area contributed by atoms with Gasteiger partial charge in [-0.1, -0.05) is 17.7 Å². The molecule has 1 aliphatic heterocycles. The highest BCUT2D eigenvalue weighted by molar-refractivity contribution is 6.32. The summed E-state index contributed by atoms with van der Waals surface area (Å²) >= 11 is 5.94. The van der Waals surface area contributed by atoms with E-state index in [0.29, 0.717) is 24.0 Å². The van der Waals surface area contributed by atoms with E-state index in [9.17, 15) is 15.0 Å². The van der Waals surface area contributed by atoms with E-state index >= 15 is 0 Å². The highest BCUT2D eigenvalue weighted by Gasteiger charge is 2.45. The van der Waals surface area contributed by atoms with Gasteiger partial charge in [0, 0.05) is 12.8 Å². The lowest BCUT2D eigenvalue weighted by molar-refractivity contribution is -0.924. The van der Waals surface area contributed by atoms with Crippen LogP contribution in [-0.4, -0.2) is 34.3 Å². The second-order valence-electron chi connectivity index (χ2n) is 7.29. The maximum absolute atomic E-state index is 11.7. The molecule has 0 radical (unpaired) electrons. The van der Waals surface area contributed by atoms with E-state index in [-0.39, 0.29) is 15.8 Å². The Morgan fingerprint density at radius 2 is 1.95 bits per heavy atom. The fourth-order valence-corrected chi connectivity index (χ4v) is 3.61. The predicted octanol–water partition coefficient (Wildman–Crippen LogP) is 2.96. The number of quaternary nitrogens is 1. The molecule has 0 atom stereocenters. The number of piperidine rings is 1. The highest BCUT2D eigenvalue weighted by Crippen LogP contribution is 2.34. The Balaban J connectivity index is 2.05. The molecular weight excluding hydrogens is 302 g/mol. The van der Waals surface area contributed by atoms with Crippen LogP contribution in [0.4, 0.5) is 4.79 Å². The van der Waals surface area contributed by atoms with Crippen LogP contribution >= 0.6 is 11.6 Å². The first-order chi connectivity index (χ1) is 10.2. The van der Waals surface area contributed by atoms with Crippen LogP contribution in [0, 0.1) is 5.92 Å². The number of hydrogen-bond acceptors (Lipinski definition) is 3.